The molecular formula is C26H30N2O7. The first kappa shape index (κ1) is 25.7. The SMILES string of the molecule is COC(=O)C[C@@H](NC(=O)[C@H](NC(=O)OCC1c2ccccc2-c2ccccc21)C(C)(C)C)C(=O)O. The number of benzene rings is 2. The summed E-state index contributed by atoms with van der Waals surface area (Å²) in [4.78, 5) is 48.6. The third kappa shape index (κ3) is 5.98. The zero-order valence-electron chi connectivity index (χ0n) is 20.2. The Morgan fingerprint density at radius 1 is 0.943 bits per heavy atom. The molecule has 0 radical (unpaired) electrons. The van der Waals surface area contributed by atoms with Gasteiger partial charge in [0, 0.05) is 5.92 Å². The van der Waals surface area contributed by atoms with E-state index < -0.39 is 47.9 Å². The number of rotatable bonds is 8. The van der Waals surface area contributed by atoms with Crippen LogP contribution in [0.15, 0.2) is 48.5 Å². The number of carbonyl (C=O) groups excluding carboxylic acids is 3. The molecule has 3 N–H and O–H groups in total. The lowest BCUT2D eigenvalue weighted by molar-refractivity contribution is -0.149. The van der Waals surface area contributed by atoms with Gasteiger partial charge in [0.15, 0.2) is 0 Å². The number of esters is 1. The van der Waals surface area contributed by atoms with Crippen LogP contribution in [0.2, 0.25) is 0 Å². The average molecular weight is 483 g/mol. The Morgan fingerprint density at radius 2 is 1.49 bits per heavy atom. The Labute approximate surface area is 203 Å². The lowest BCUT2D eigenvalue weighted by Crippen LogP contribution is -2.57. The molecule has 2 atom stereocenters. The van der Waals surface area contributed by atoms with E-state index in [1.165, 1.54) is 0 Å². The van der Waals surface area contributed by atoms with Gasteiger partial charge in [0.25, 0.3) is 0 Å². The number of aliphatic carboxylic acids is 1. The number of fused-ring (bicyclic) bond motifs is 3. The van der Waals surface area contributed by atoms with Crippen LogP contribution in [-0.4, -0.2) is 54.8 Å². The fourth-order valence-electron chi connectivity index (χ4n) is 4.14. The van der Waals surface area contributed by atoms with Gasteiger partial charge < -0.3 is 25.2 Å². The number of alkyl carbamates (subject to hydrolysis) is 1. The summed E-state index contributed by atoms with van der Waals surface area (Å²) < 4.78 is 10.0. The predicted octanol–water partition coefficient (Wildman–Crippen LogP) is 3.07. The lowest BCUT2D eigenvalue weighted by atomic mass is 9.86. The van der Waals surface area contributed by atoms with Crippen LogP contribution in [-0.2, 0) is 23.9 Å². The molecule has 2 amide bonds. The second-order valence-corrected chi connectivity index (χ2v) is 9.45. The number of amides is 2. The number of hydrogen-bond donors (Lipinski definition) is 3. The van der Waals surface area contributed by atoms with Gasteiger partial charge in [-0.2, -0.15) is 0 Å². The van der Waals surface area contributed by atoms with Crippen LogP contribution in [0, 0.1) is 5.41 Å². The van der Waals surface area contributed by atoms with E-state index in [0.717, 1.165) is 29.4 Å². The average Bonchev–Trinajstić information content (AvgIpc) is 3.13. The molecule has 9 nitrogen and oxygen atoms in total. The summed E-state index contributed by atoms with van der Waals surface area (Å²) in [7, 11) is 1.12. The number of methoxy groups -OCH3 is 1. The van der Waals surface area contributed by atoms with Crippen LogP contribution in [0.3, 0.4) is 0 Å². The molecule has 1 aliphatic carbocycles. The number of hydrogen-bond acceptors (Lipinski definition) is 6. The van der Waals surface area contributed by atoms with Gasteiger partial charge in [-0.15, -0.1) is 0 Å². The number of carboxylic acids is 1. The summed E-state index contributed by atoms with van der Waals surface area (Å²) in [5.41, 5.74) is 3.52. The molecule has 9 heteroatoms. The van der Waals surface area contributed by atoms with E-state index in [1.807, 2.05) is 48.5 Å². The molecule has 0 bridgehead atoms. The molecule has 186 valence electrons. The maximum Gasteiger partial charge on any atom is 0.407 e. The highest BCUT2D eigenvalue weighted by atomic mass is 16.5. The molecule has 0 saturated heterocycles. The van der Waals surface area contributed by atoms with E-state index >= 15 is 0 Å². The minimum absolute atomic E-state index is 0.0679. The topological polar surface area (TPSA) is 131 Å². The van der Waals surface area contributed by atoms with Gasteiger partial charge in [-0.3, -0.25) is 9.59 Å². The van der Waals surface area contributed by atoms with Gasteiger partial charge in [0.2, 0.25) is 5.91 Å². The fourth-order valence-corrected chi connectivity index (χ4v) is 4.14. The summed E-state index contributed by atoms with van der Waals surface area (Å²) in [6, 6.07) is 13.2. The van der Waals surface area contributed by atoms with Gasteiger partial charge >= 0.3 is 18.0 Å². The first-order chi connectivity index (χ1) is 16.5. The first-order valence-electron chi connectivity index (χ1n) is 11.2. The van der Waals surface area contributed by atoms with Crippen molar-refractivity contribution in [1.29, 1.82) is 0 Å². The fraction of sp³-hybridized carbons (Fsp3) is 0.385. The Morgan fingerprint density at radius 3 is 1.97 bits per heavy atom. The van der Waals surface area contributed by atoms with E-state index in [-0.39, 0.29) is 12.5 Å². The van der Waals surface area contributed by atoms with E-state index in [4.69, 9.17) is 4.74 Å². The molecule has 2 aromatic rings. The summed E-state index contributed by atoms with van der Waals surface area (Å²) in [6.45, 7) is 5.23. The van der Waals surface area contributed by atoms with Crippen LogP contribution < -0.4 is 10.6 Å². The van der Waals surface area contributed by atoms with E-state index in [2.05, 4.69) is 15.4 Å². The molecule has 0 aliphatic heterocycles. The van der Waals surface area contributed by atoms with Crippen molar-refractivity contribution in [3.05, 3.63) is 59.7 Å². The molecule has 0 aromatic heterocycles. The maximum absolute atomic E-state index is 12.9. The molecule has 3 rings (SSSR count). The largest absolute Gasteiger partial charge is 0.480 e. The minimum Gasteiger partial charge on any atom is -0.480 e. The summed E-state index contributed by atoms with van der Waals surface area (Å²) in [5.74, 6) is -3.07. The van der Waals surface area contributed by atoms with Gasteiger partial charge in [-0.05, 0) is 27.7 Å². The standard InChI is InChI=1S/C26H30N2O7/c1-26(2,3)22(23(30)27-20(24(31)32)13-21(29)34-4)28-25(33)35-14-19-17-11-7-5-9-15(17)16-10-6-8-12-18(16)19/h5-12,19-20,22H,13-14H2,1-4H3,(H,27,30)(H,28,33)(H,31,32)/t20-,22+/m1/s1. The van der Waals surface area contributed by atoms with Crippen molar-refractivity contribution in [3.8, 4) is 11.1 Å². The van der Waals surface area contributed by atoms with Gasteiger partial charge in [0.1, 0.15) is 18.7 Å². The summed E-state index contributed by atoms with van der Waals surface area (Å²) in [5, 5.41) is 14.2. The van der Waals surface area contributed by atoms with Crippen LogP contribution in [0.25, 0.3) is 11.1 Å². The van der Waals surface area contributed by atoms with Crippen LogP contribution >= 0.6 is 0 Å². The quantitative estimate of drug-likeness (QED) is 0.493. The number of nitrogens with one attached hydrogen (secondary N) is 2. The Bertz CT molecular complexity index is 1080. The predicted molar refractivity (Wildman–Crippen MR) is 128 cm³/mol. The number of carboxylic acid groups (broad SMARTS) is 1. The van der Waals surface area contributed by atoms with E-state index in [9.17, 15) is 24.3 Å². The highest BCUT2D eigenvalue weighted by Crippen LogP contribution is 2.44. The number of carbonyl (C=O) groups is 4. The zero-order chi connectivity index (χ0) is 25.8. The first-order valence-corrected chi connectivity index (χ1v) is 11.2. The van der Waals surface area contributed by atoms with Crippen molar-refractivity contribution in [2.24, 2.45) is 5.41 Å². The second kappa shape index (κ2) is 10.6. The van der Waals surface area contributed by atoms with Crippen molar-refractivity contribution >= 4 is 23.9 Å². The van der Waals surface area contributed by atoms with Gasteiger partial charge in [0.05, 0.1) is 13.5 Å². The summed E-state index contributed by atoms with van der Waals surface area (Å²) in [6.07, 6.45) is -1.35. The van der Waals surface area contributed by atoms with Crippen molar-refractivity contribution in [2.75, 3.05) is 13.7 Å². The van der Waals surface area contributed by atoms with E-state index in [1.54, 1.807) is 20.8 Å². The normalized spacial score (nSPS) is 14.2. The van der Waals surface area contributed by atoms with Crippen molar-refractivity contribution in [1.82, 2.24) is 10.6 Å². The molecule has 0 heterocycles. The van der Waals surface area contributed by atoms with Crippen LogP contribution in [0.4, 0.5) is 4.79 Å². The highest BCUT2D eigenvalue weighted by molar-refractivity contribution is 5.91. The third-order valence-corrected chi connectivity index (χ3v) is 5.95. The van der Waals surface area contributed by atoms with Crippen molar-refractivity contribution < 1.29 is 33.8 Å². The Hall–Kier alpha value is -3.88. The van der Waals surface area contributed by atoms with Gasteiger partial charge in [-0.25, -0.2) is 9.59 Å². The molecule has 0 fully saturated rings. The van der Waals surface area contributed by atoms with E-state index in [0.29, 0.717) is 0 Å². The Balaban J connectivity index is 1.69. The smallest absolute Gasteiger partial charge is 0.407 e. The van der Waals surface area contributed by atoms with Crippen LogP contribution in [0.5, 0.6) is 0 Å². The maximum atomic E-state index is 12.9. The minimum atomic E-state index is -1.50. The van der Waals surface area contributed by atoms with Crippen molar-refractivity contribution in [3.63, 3.8) is 0 Å². The van der Waals surface area contributed by atoms with Crippen LogP contribution in [0.1, 0.15) is 44.2 Å². The molecule has 1 aliphatic rings. The molecule has 2 aromatic carbocycles. The molecule has 0 saturated carbocycles. The molecular weight excluding hydrogens is 452 g/mol. The number of ether oxygens (including phenoxy) is 2. The third-order valence-electron chi connectivity index (χ3n) is 5.95. The molecule has 35 heavy (non-hydrogen) atoms. The van der Waals surface area contributed by atoms with Crippen molar-refractivity contribution in [2.45, 2.75) is 45.2 Å². The van der Waals surface area contributed by atoms with Gasteiger partial charge in [-0.1, -0.05) is 69.3 Å². The monoisotopic (exact) mass is 482 g/mol. The second-order valence-electron chi connectivity index (χ2n) is 9.45. The zero-order valence-corrected chi connectivity index (χ0v) is 20.2. The lowest BCUT2D eigenvalue weighted by Gasteiger charge is -2.31. The summed E-state index contributed by atoms with van der Waals surface area (Å²) >= 11 is 0. The highest BCUT2D eigenvalue weighted by Gasteiger charge is 2.36. The molecule has 0 spiro atoms. The molecule has 0 unspecified atom stereocenters. The Kier molecular flexibility index (Phi) is 7.78.